The smallest absolute Gasteiger partial charge is 0.0555 e. The van der Waals surface area contributed by atoms with Crippen LogP contribution in [0.5, 0.6) is 0 Å². The Morgan fingerprint density at radius 1 is 0.208 bits per heavy atom. The summed E-state index contributed by atoms with van der Waals surface area (Å²) in [7, 11) is 0. The lowest BCUT2D eigenvalue weighted by atomic mass is 10.0. The average Bonchev–Trinajstić information content (AvgIpc) is 4.48. The van der Waals surface area contributed by atoms with Crippen molar-refractivity contribution in [2.45, 2.75) is 0 Å². The number of para-hydroxylation sites is 6. The van der Waals surface area contributed by atoms with Gasteiger partial charge in [-0.15, -0.1) is 11.3 Å². The zero-order chi connectivity index (χ0) is 50.3. The fourth-order valence-electron chi connectivity index (χ4n) is 12.9. The molecule has 0 bridgehead atoms. The number of nitrogens with zero attached hydrogens (tertiary/aromatic N) is 4. The second kappa shape index (κ2) is 16.3. The molecule has 5 heteroatoms. The van der Waals surface area contributed by atoms with Gasteiger partial charge in [0, 0.05) is 86.0 Å². The van der Waals surface area contributed by atoms with E-state index in [1.165, 1.54) is 135 Å². The predicted molar refractivity (Wildman–Crippen MR) is 328 cm³/mol. The maximum absolute atomic E-state index is 2.46. The Balaban J connectivity index is 0.743. The maximum atomic E-state index is 2.46. The van der Waals surface area contributed by atoms with E-state index in [2.05, 4.69) is 285 Å². The van der Waals surface area contributed by atoms with Crippen LogP contribution in [0.2, 0.25) is 0 Å². The van der Waals surface area contributed by atoms with Crippen molar-refractivity contribution < 1.29 is 0 Å². The first-order valence-electron chi connectivity index (χ1n) is 26.4. The summed E-state index contributed by atoms with van der Waals surface area (Å²) in [4.78, 5) is 0. The highest BCUT2D eigenvalue weighted by molar-refractivity contribution is 7.26. The van der Waals surface area contributed by atoms with Gasteiger partial charge in [0.2, 0.25) is 0 Å². The molecule has 0 amide bonds. The summed E-state index contributed by atoms with van der Waals surface area (Å²) in [6.07, 6.45) is 0. The normalized spacial score (nSPS) is 12.2. The number of hydrogen-bond acceptors (Lipinski definition) is 1. The molecule has 0 atom stereocenters. The van der Waals surface area contributed by atoms with E-state index in [1.54, 1.807) is 0 Å². The standard InChI is InChI=1S/C72H44N4S/c1-2-14-49(15-3-1)73-64-23-11-6-18-55(64)59-42-47(30-38-67(59)73)48-31-39-68-60(43-48)56-19-7-12-24-65(56)76(68)52-36-41-70-61(44-52)57-37-40-69-71(72(57)77-70)58-20-8-13-25-66(58)75(69)51-34-28-46(29-35-51)45-26-32-50(33-27-45)74-62-21-9-4-16-53(62)54-17-5-10-22-63(54)74/h1-44H. The first-order chi connectivity index (χ1) is 38.2. The van der Waals surface area contributed by atoms with Crippen LogP contribution in [0.25, 0.3) is 152 Å². The minimum Gasteiger partial charge on any atom is -0.309 e. The number of benzene rings is 12. The third-order valence-corrected chi connectivity index (χ3v) is 17.6. The Kier molecular flexibility index (Phi) is 8.97. The third kappa shape index (κ3) is 6.20. The Bertz CT molecular complexity index is 5200. The van der Waals surface area contributed by atoms with Crippen LogP contribution in [0.15, 0.2) is 267 Å². The van der Waals surface area contributed by atoms with Crippen LogP contribution in [0.4, 0.5) is 0 Å². The Hall–Kier alpha value is -9.94. The maximum Gasteiger partial charge on any atom is 0.0555 e. The quantitative estimate of drug-likeness (QED) is 0.158. The van der Waals surface area contributed by atoms with E-state index in [0.29, 0.717) is 0 Å². The SMILES string of the molecule is c1ccc(-n2c3ccccc3c3cc(-c4ccc5c(c4)c4ccccc4n5-c4ccc5sc6c(ccc7c6c6ccccc6n7-c6ccc(-c7ccc(-n8c9ccccc9c9ccccc98)cc7)cc6)c5c4)ccc32)cc1. The molecule has 0 fully saturated rings. The predicted octanol–water partition coefficient (Wildman–Crippen LogP) is 19.8. The molecule has 0 spiro atoms. The molecule has 0 aliphatic carbocycles. The summed E-state index contributed by atoms with van der Waals surface area (Å²) < 4.78 is 12.3. The lowest BCUT2D eigenvalue weighted by Gasteiger charge is -2.11. The Morgan fingerprint density at radius 2 is 0.571 bits per heavy atom. The molecule has 0 saturated carbocycles. The van der Waals surface area contributed by atoms with Crippen LogP contribution in [-0.2, 0) is 0 Å². The lowest BCUT2D eigenvalue weighted by Crippen LogP contribution is -1.94. The van der Waals surface area contributed by atoms with Gasteiger partial charge in [0.1, 0.15) is 0 Å². The van der Waals surface area contributed by atoms with Gasteiger partial charge >= 0.3 is 0 Å². The highest BCUT2D eigenvalue weighted by Crippen LogP contribution is 2.45. The molecule has 0 aliphatic rings. The molecule has 358 valence electrons. The number of rotatable bonds is 6. The number of aromatic nitrogens is 4. The van der Waals surface area contributed by atoms with Gasteiger partial charge in [-0.25, -0.2) is 0 Å². The zero-order valence-corrected chi connectivity index (χ0v) is 42.4. The van der Waals surface area contributed by atoms with Crippen molar-refractivity contribution in [3.8, 4) is 45.0 Å². The highest BCUT2D eigenvalue weighted by Gasteiger charge is 2.21. The van der Waals surface area contributed by atoms with Crippen LogP contribution in [-0.4, -0.2) is 18.3 Å². The first kappa shape index (κ1) is 42.4. The van der Waals surface area contributed by atoms with Crippen LogP contribution in [0, 0.1) is 0 Å². The van der Waals surface area contributed by atoms with Crippen LogP contribution < -0.4 is 0 Å². The second-order valence-corrected chi connectivity index (χ2v) is 21.5. The molecule has 77 heavy (non-hydrogen) atoms. The molecular weight excluding hydrogens is 953 g/mol. The molecular formula is C72H44N4S. The molecule has 17 rings (SSSR count). The van der Waals surface area contributed by atoms with Gasteiger partial charge in [0.25, 0.3) is 0 Å². The van der Waals surface area contributed by atoms with Gasteiger partial charge in [0.05, 0.1) is 44.1 Å². The fraction of sp³-hybridized carbons (Fsp3) is 0. The van der Waals surface area contributed by atoms with Crippen molar-refractivity contribution in [2.75, 3.05) is 0 Å². The van der Waals surface area contributed by atoms with Crippen molar-refractivity contribution >= 4 is 119 Å². The van der Waals surface area contributed by atoms with Gasteiger partial charge in [-0.3, -0.25) is 0 Å². The Morgan fingerprint density at radius 3 is 1.09 bits per heavy atom. The summed E-state index contributed by atoms with van der Waals surface area (Å²) in [5.74, 6) is 0. The van der Waals surface area contributed by atoms with Crippen molar-refractivity contribution in [3.63, 3.8) is 0 Å². The largest absolute Gasteiger partial charge is 0.309 e. The average molecular weight is 997 g/mol. The molecule has 0 aliphatic heterocycles. The van der Waals surface area contributed by atoms with Crippen molar-refractivity contribution in [1.29, 1.82) is 0 Å². The molecule has 0 saturated heterocycles. The molecule has 0 unspecified atom stereocenters. The van der Waals surface area contributed by atoms with Gasteiger partial charge in [0.15, 0.2) is 0 Å². The number of fused-ring (bicyclic) bond motifs is 16. The third-order valence-electron chi connectivity index (χ3n) is 16.4. The van der Waals surface area contributed by atoms with Gasteiger partial charge in [-0.05, 0) is 138 Å². The van der Waals surface area contributed by atoms with Crippen LogP contribution in [0.1, 0.15) is 0 Å². The zero-order valence-electron chi connectivity index (χ0n) is 41.6. The van der Waals surface area contributed by atoms with E-state index in [1.807, 2.05) is 11.3 Å². The summed E-state index contributed by atoms with van der Waals surface area (Å²) in [6, 6.07) is 98.5. The second-order valence-electron chi connectivity index (χ2n) is 20.4. The van der Waals surface area contributed by atoms with Crippen molar-refractivity contribution in [3.05, 3.63) is 267 Å². The van der Waals surface area contributed by atoms with Crippen LogP contribution >= 0.6 is 11.3 Å². The molecule has 4 nitrogen and oxygen atoms in total. The Labute approximate surface area is 446 Å². The minimum atomic E-state index is 1.15. The van der Waals surface area contributed by atoms with Crippen molar-refractivity contribution in [2.24, 2.45) is 0 Å². The minimum absolute atomic E-state index is 1.15. The van der Waals surface area contributed by atoms with E-state index in [-0.39, 0.29) is 0 Å². The highest BCUT2D eigenvalue weighted by atomic mass is 32.1. The van der Waals surface area contributed by atoms with Crippen molar-refractivity contribution in [1.82, 2.24) is 18.3 Å². The first-order valence-corrected chi connectivity index (χ1v) is 27.2. The lowest BCUT2D eigenvalue weighted by molar-refractivity contribution is 1.18. The van der Waals surface area contributed by atoms with Crippen LogP contribution in [0.3, 0.4) is 0 Å². The summed E-state index contributed by atoms with van der Waals surface area (Å²) in [5.41, 5.74) is 19.1. The summed E-state index contributed by atoms with van der Waals surface area (Å²) >= 11 is 1.90. The topological polar surface area (TPSA) is 19.7 Å². The van der Waals surface area contributed by atoms with E-state index >= 15 is 0 Å². The molecule has 0 radical (unpaired) electrons. The van der Waals surface area contributed by atoms with E-state index in [4.69, 9.17) is 0 Å². The molecule has 12 aromatic carbocycles. The van der Waals surface area contributed by atoms with Gasteiger partial charge < -0.3 is 18.3 Å². The van der Waals surface area contributed by atoms with E-state index in [9.17, 15) is 0 Å². The van der Waals surface area contributed by atoms with E-state index < -0.39 is 0 Å². The fourth-order valence-corrected chi connectivity index (χ4v) is 14.2. The molecule has 5 aromatic heterocycles. The van der Waals surface area contributed by atoms with Gasteiger partial charge in [-0.2, -0.15) is 0 Å². The number of hydrogen-bond donors (Lipinski definition) is 0. The van der Waals surface area contributed by atoms with Gasteiger partial charge in [-0.1, -0.05) is 152 Å². The monoisotopic (exact) mass is 996 g/mol. The number of thiophene rings is 1. The molecule has 17 aromatic rings. The summed E-state index contributed by atoms with van der Waals surface area (Å²) in [5, 5.41) is 12.7. The molecule has 5 heterocycles. The summed E-state index contributed by atoms with van der Waals surface area (Å²) in [6.45, 7) is 0. The van der Waals surface area contributed by atoms with E-state index in [0.717, 1.165) is 17.1 Å². The molecule has 0 N–H and O–H groups in total.